The molecule has 0 bridgehead atoms. The molecule has 0 aliphatic heterocycles. The molecule has 0 unspecified atom stereocenters. The summed E-state index contributed by atoms with van der Waals surface area (Å²) in [6.45, 7) is 0.403. The van der Waals surface area contributed by atoms with Crippen LogP contribution in [0.4, 0.5) is 22.0 Å². The summed E-state index contributed by atoms with van der Waals surface area (Å²) in [5.41, 5.74) is 11.3. The fraction of sp³-hybridized carbons (Fsp3) is 0.208. The predicted octanol–water partition coefficient (Wildman–Crippen LogP) is 2.19. The Kier molecular flexibility index (Phi) is 7.03. The normalized spacial score (nSPS) is 11.4. The number of hydrogen-bond acceptors (Lipinski definition) is 10. The Morgan fingerprint density at radius 3 is 2.57 bits per heavy atom. The summed E-state index contributed by atoms with van der Waals surface area (Å²) in [5.74, 6) is -0.0617. The zero-order valence-corrected chi connectivity index (χ0v) is 20.6. The van der Waals surface area contributed by atoms with E-state index in [4.69, 9.17) is 11.5 Å². The van der Waals surface area contributed by atoms with E-state index >= 15 is 0 Å². The summed E-state index contributed by atoms with van der Waals surface area (Å²) in [7, 11) is -3.72. The molecule has 0 radical (unpaired) electrons. The van der Waals surface area contributed by atoms with Gasteiger partial charge < -0.3 is 16.8 Å². The fourth-order valence-corrected chi connectivity index (χ4v) is 4.84. The molecule has 2 heterocycles. The van der Waals surface area contributed by atoms with Gasteiger partial charge in [-0.05, 0) is 43.2 Å². The van der Waals surface area contributed by atoms with Crippen LogP contribution >= 0.6 is 0 Å². The smallest absolute Gasteiger partial charge is 0.267 e. The van der Waals surface area contributed by atoms with Crippen LogP contribution in [0.1, 0.15) is 24.2 Å². The lowest BCUT2D eigenvalue weighted by atomic mass is 10.1. The molecule has 0 fully saturated rings. The number of nitrogens with zero attached hydrogens (tertiary/aromatic N) is 5. The van der Waals surface area contributed by atoms with Crippen molar-refractivity contribution < 1.29 is 12.8 Å². The Morgan fingerprint density at radius 1 is 1.11 bits per heavy atom. The highest BCUT2D eigenvalue weighted by atomic mass is 32.2. The van der Waals surface area contributed by atoms with Crippen molar-refractivity contribution in [1.82, 2.24) is 19.5 Å². The van der Waals surface area contributed by atoms with E-state index in [0.29, 0.717) is 31.6 Å². The standard InChI is InChI=1S/C24H23FN8O3S/c1-37(35,36)18-9-5-8-17-20(18)23(34)33(15-7-4-6-14(25)12-15)19(30-17)10-2-3-11-29-22-16(13-26)21(27)31-24(28)32-22/h4-9,12H,2-3,10-11H2,1H3,(H5,27,28,29,31,32). The molecule has 190 valence electrons. The van der Waals surface area contributed by atoms with Crippen LogP contribution in [0.25, 0.3) is 16.6 Å². The maximum Gasteiger partial charge on any atom is 0.267 e. The third kappa shape index (κ3) is 5.34. The topological polar surface area (TPSA) is 183 Å². The molecule has 2 aromatic carbocycles. The lowest BCUT2D eigenvalue weighted by molar-refractivity contribution is 0.602. The average Bonchev–Trinajstić information content (AvgIpc) is 2.82. The number of nitrogens with one attached hydrogen (secondary N) is 1. The Morgan fingerprint density at radius 2 is 1.86 bits per heavy atom. The summed E-state index contributed by atoms with van der Waals surface area (Å²) >= 11 is 0. The summed E-state index contributed by atoms with van der Waals surface area (Å²) in [6, 6.07) is 11.8. The van der Waals surface area contributed by atoms with Gasteiger partial charge in [0.05, 0.1) is 21.5 Å². The van der Waals surface area contributed by atoms with Gasteiger partial charge in [0.1, 0.15) is 29.1 Å². The Bertz CT molecular complexity index is 1710. The van der Waals surface area contributed by atoms with Crippen LogP contribution in [0, 0.1) is 17.1 Å². The molecule has 0 aliphatic rings. The van der Waals surface area contributed by atoms with Crippen LogP contribution in [0.15, 0.2) is 52.2 Å². The van der Waals surface area contributed by atoms with Gasteiger partial charge in [-0.25, -0.2) is 17.8 Å². The number of rotatable bonds is 8. The van der Waals surface area contributed by atoms with Crippen LogP contribution in [-0.2, 0) is 16.3 Å². The monoisotopic (exact) mass is 522 g/mol. The Balaban J connectivity index is 1.65. The SMILES string of the molecule is CS(=O)(=O)c1cccc2nc(CCCCNc3nc(N)nc(N)c3C#N)n(-c3cccc(F)c3)c(=O)c12. The molecule has 0 aliphatic carbocycles. The number of benzene rings is 2. The van der Waals surface area contributed by atoms with E-state index in [1.165, 1.54) is 34.9 Å². The van der Waals surface area contributed by atoms with Gasteiger partial charge in [-0.2, -0.15) is 15.2 Å². The molecule has 2 aromatic heterocycles. The van der Waals surface area contributed by atoms with Crippen LogP contribution in [0.3, 0.4) is 0 Å². The van der Waals surface area contributed by atoms with Crippen molar-refractivity contribution in [3.8, 4) is 11.8 Å². The molecule has 0 saturated heterocycles. The molecule has 4 rings (SSSR count). The van der Waals surface area contributed by atoms with Crippen molar-refractivity contribution in [3.05, 3.63) is 70.0 Å². The molecule has 37 heavy (non-hydrogen) atoms. The van der Waals surface area contributed by atoms with Gasteiger partial charge in [-0.15, -0.1) is 0 Å². The zero-order chi connectivity index (χ0) is 26.7. The average molecular weight is 523 g/mol. The molecular weight excluding hydrogens is 499 g/mol. The van der Waals surface area contributed by atoms with E-state index in [1.807, 2.05) is 6.07 Å². The highest BCUT2D eigenvalue weighted by Crippen LogP contribution is 2.22. The molecule has 0 saturated carbocycles. The van der Waals surface area contributed by atoms with Crippen LogP contribution < -0.4 is 22.3 Å². The number of unbranched alkanes of at least 4 members (excludes halogenated alkanes) is 1. The van der Waals surface area contributed by atoms with E-state index in [1.54, 1.807) is 12.1 Å². The minimum absolute atomic E-state index is 0.0227. The number of nitrogen functional groups attached to an aromatic ring is 2. The second-order valence-corrected chi connectivity index (χ2v) is 10.2. The number of sulfone groups is 1. The molecule has 0 amide bonds. The first-order chi connectivity index (χ1) is 17.6. The molecule has 0 spiro atoms. The highest BCUT2D eigenvalue weighted by molar-refractivity contribution is 7.91. The highest BCUT2D eigenvalue weighted by Gasteiger charge is 2.20. The molecule has 5 N–H and O–H groups in total. The number of aryl methyl sites for hydroxylation is 1. The number of nitriles is 1. The number of halogens is 1. The third-order valence-corrected chi connectivity index (χ3v) is 6.72. The summed E-state index contributed by atoms with van der Waals surface area (Å²) in [4.78, 5) is 25.8. The first kappa shape index (κ1) is 25.5. The molecule has 0 atom stereocenters. The maximum atomic E-state index is 14.0. The van der Waals surface area contributed by atoms with E-state index in [-0.39, 0.29) is 44.6 Å². The van der Waals surface area contributed by atoms with E-state index in [2.05, 4.69) is 20.3 Å². The largest absolute Gasteiger partial charge is 0.382 e. The summed E-state index contributed by atoms with van der Waals surface area (Å²) in [6.07, 6.45) is 2.47. The third-order valence-electron chi connectivity index (χ3n) is 5.58. The summed E-state index contributed by atoms with van der Waals surface area (Å²) < 4.78 is 40.0. The second-order valence-electron chi connectivity index (χ2n) is 8.26. The van der Waals surface area contributed by atoms with Gasteiger partial charge in [0, 0.05) is 19.2 Å². The molecule has 4 aromatic rings. The first-order valence-electron chi connectivity index (χ1n) is 11.2. The van der Waals surface area contributed by atoms with Crippen molar-refractivity contribution in [2.45, 2.75) is 24.2 Å². The van der Waals surface area contributed by atoms with Gasteiger partial charge in [0.25, 0.3) is 5.56 Å². The van der Waals surface area contributed by atoms with Crippen LogP contribution in [0.5, 0.6) is 0 Å². The van der Waals surface area contributed by atoms with Crippen LogP contribution in [-0.4, -0.2) is 40.7 Å². The van der Waals surface area contributed by atoms with Gasteiger partial charge in [0.15, 0.2) is 15.7 Å². The second kappa shape index (κ2) is 10.2. The lowest BCUT2D eigenvalue weighted by Crippen LogP contribution is -2.25. The molecule has 11 nitrogen and oxygen atoms in total. The van der Waals surface area contributed by atoms with E-state index < -0.39 is 21.2 Å². The van der Waals surface area contributed by atoms with Crippen LogP contribution in [0.2, 0.25) is 0 Å². The number of aromatic nitrogens is 4. The molecular formula is C24H23FN8O3S. The predicted molar refractivity (Wildman–Crippen MR) is 137 cm³/mol. The number of hydrogen-bond donors (Lipinski definition) is 3. The quantitative estimate of drug-likeness (QED) is 0.290. The number of nitrogens with two attached hydrogens (primary N) is 2. The van der Waals surface area contributed by atoms with Gasteiger partial charge >= 0.3 is 0 Å². The van der Waals surface area contributed by atoms with Gasteiger partial charge in [0.2, 0.25) is 5.95 Å². The number of fused-ring (bicyclic) bond motifs is 1. The minimum atomic E-state index is -3.72. The van der Waals surface area contributed by atoms with Crippen molar-refractivity contribution >= 4 is 38.3 Å². The van der Waals surface area contributed by atoms with Crippen molar-refractivity contribution in [3.63, 3.8) is 0 Å². The molecule has 13 heteroatoms. The summed E-state index contributed by atoms with van der Waals surface area (Å²) in [5, 5.41) is 12.2. The Labute approximate surface area is 211 Å². The first-order valence-corrected chi connectivity index (χ1v) is 13.1. The fourth-order valence-electron chi connectivity index (χ4n) is 3.95. The van der Waals surface area contributed by atoms with Gasteiger partial charge in [-0.1, -0.05) is 12.1 Å². The van der Waals surface area contributed by atoms with E-state index in [0.717, 1.165) is 6.26 Å². The number of anilines is 3. The Hall–Kier alpha value is -4.57. The lowest BCUT2D eigenvalue weighted by Gasteiger charge is -2.15. The zero-order valence-electron chi connectivity index (χ0n) is 19.8. The van der Waals surface area contributed by atoms with Gasteiger partial charge in [-0.3, -0.25) is 9.36 Å². The minimum Gasteiger partial charge on any atom is -0.382 e. The van der Waals surface area contributed by atoms with Crippen molar-refractivity contribution in [1.29, 1.82) is 5.26 Å². The van der Waals surface area contributed by atoms with Crippen molar-refractivity contribution in [2.75, 3.05) is 29.6 Å². The maximum absolute atomic E-state index is 14.0. The van der Waals surface area contributed by atoms with Crippen molar-refractivity contribution in [2.24, 2.45) is 0 Å². The van der Waals surface area contributed by atoms with E-state index in [9.17, 15) is 22.9 Å².